The van der Waals surface area contributed by atoms with Crippen LogP contribution in [0.4, 0.5) is 0 Å². The molecule has 0 unspecified atom stereocenters. The summed E-state index contributed by atoms with van der Waals surface area (Å²) in [6.07, 6.45) is 0. The van der Waals surface area contributed by atoms with E-state index in [1.165, 1.54) is 16.8 Å². The molecule has 2 aromatic rings. The molecule has 4 nitrogen and oxygen atoms in total. The molecule has 0 aromatic carbocycles. The Morgan fingerprint density at radius 1 is 1.57 bits per heavy atom. The lowest BCUT2D eigenvalue weighted by Gasteiger charge is -1.92. The molecule has 0 fully saturated rings. The fourth-order valence-corrected chi connectivity index (χ4v) is 1.87. The number of nitrogens with zero attached hydrogens (tertiary/aromatic N) is 1. The van der Waals surface area contributed by atoms with Crippen molar-refractivity contribution in [3.63, 3.8) is 0 Å². The SMILES string of the molecule is Cc1ccc(-c2scnc2C(=O)O)o1. The number of aromatic nitrogens is 1. The fraction of sp³-hybridized carbons (Fsp3) is 0.111. The van der Waals surface area contributed by atoms with Gasteiger partial charge in [-0.15, -0.1) is 11.3 Å². The van der Waals surface area contributed by atoms with E-state index < -0.39 is 5.97 Å². The maximum atomic E-state index is 10.8. The molecule has 1 N–H and O–H groups in total. The number of carbonyl (C=O) groups is 1. The molecule has 0 saturated heterocycles. The molecule has 0 amide bonds. The Balaban J connectivity index is 2.51. The van der Waals surface area contributed by atoms with E-state index in [4.69, 9.17) is 9.52 Å². The number of hydrogen-bond acceptors (Lipinski definition) is 4. The molecular formula is C9H7NO3S. The number of furan rings is 1. The minimum atomic E-state index is -1.03. The molecule has 0 bridgehead atoms. The normalized spacial score (nSPS) is 10.4. The highest BCUT2D eigenvalue weighted by atomic mass is 32.1. The van der Waals surface area contributed by atoms with Crippen LogP contribution in [0.25, 0.3) is 10.6 Å². The summed E-state index contributed by atoms with van der Waals surface area (Å²) in [5, 5.41) is 8.83. The highest BCUT2D eigenvalue weighted by Gasteiger charge is 2.17. The van der Waals surface area contributed by atoms with Gasteiger partial charge in [-0.2, -0.15) is 0 Å². The molecule has 0 aliphatic carbocycles. The lowest BCUT2D eigenvalue weighted by molar-refractivity contribution is 0.0692. The van der Waals surface area contributed by atoms with E-state index in [1.54, 1.807) is 12.1 Å². The van der Waals surface area contributed by atoms with E-state index in [0.717, 1.165) is 5.76 Å². The third kappa shape index (κ3) is 1.42. The second-order valence-corrected chi connectivity index (χ2v) is 3.60. The van der Waals surface area contributed by atoms with Crippen LogP contribution in [0.15, 0.2) is 22.1 Å². The van der Waals surface area contributed by atoms with Gasteiger partial charge in [0.1, 0.15) is 16.4 Å². The van der Waals surface area contributed by atoms with Gasteiger partial charge in [-0.3, -0.25) is 0 Å². The predicted octanol–water partition coefficient (Wildman–Crippen LogP) is 2.41. The summed E-state index contributed by atoms with van der Waals surface area (Å²) in [5.41, 5.74) is 1.54. The van der Waals surface area contributed by atoms with Crippen molar-refractivity contribution < 1.29 is 14.3 Å². The molecule has 0 aliphatic heterocycles. The van der Waals surface area contributed by atoms with Crippen LogP contribution in [-0.2, 0) is 0 Å². The lowest BCUT2D eigenvalue weighted by Crippen LogP contribution is -1.97. The molecule has 0 saturated carbocycles. The molecular weight excluding hydrogens is 202 g/mol. The summed E-state index contributed by atoms with van der Waals surface area (Å²) in [5.74, 6) is 0.280. The Morgan fingerprint density at radius 3 is 2.93 bits per heavy atom. The molecule has 2 rings (SSSR count). The monoisotopic (exact) mass is 209 g/mol. The average Bonchev–Trinajstić information content (AvgIpc) is 2.70. The van der Waals surface area contributed by atoms with Gasteiger partial charge in [-0.05, 0) is 19.1 Å². The van der Waals surface area contributed by atoms with Crippen LogP contribution in [0.1, 0.15) is 16.2 Å². The molecule has 0 spiro atoms. The maximum Gasteiger partial charge on any atom is 0.356 e. The van der Waals surface area contributed by atoms with Gasteiger partial charge in [0.15, 0.2) is 5.69 Å². The van der Waals surface area contributed by atoms with Gasteiger partial charge >= 0.3 is 5.97 Å². The average molecular weight is 209 g/mol. The second-order valence-electron chi connectivity index (χ2n) is 2.75. The van der Waals surface area contributed by atoms with E-state index in [0.29, 0.717) is 10.6 Å². The van der Waals surface area contributed by atoms with Crippen LogP contribution in [0.2, 0.25) is 0 Å². The Morgan fingerprint density at radius 2 is 2.36 bits per heavy atom. The van der Waals surface area contributed by atoms with Crippen molar-refractivity contribution >= 4 is 17.3 Å². The molecule has 14 heavy (non-hydrogen) atoms. The van der Waals surface area contributed by atoms with Crippen LogP contribution >= 0.6 is 11.3 Å². The second kappa shape index (κ2) is 3.26. The zero-order chi connectivity index (χ0) is 10.1. The zero-order valence-corrected chi connectivity index (χ0v) is 8.17. The highest BCUT2D eigenvalue weighted by Crippen LogP contribution is 2.28. The van der Waals surface area contributed by atoms with Crippen LogP contribution in [0.3, 0.4) is 0 Å². The standard InChI is InChI=1S/C9H7NO3S/c1-5-2-3-6(13-5)8-7(9(11)12)10-4-14-8/h2-4H,1H3,(H,11,12). The molecule has 2 heterocycles. The van der Waals surface area contributed by atoms with Crippen molar-refractivity contribution in [1.82, 2.24) is 4.98 Å². The summed E-state index contributed by atoms with van der Waals surface area (Å²) < 4.78 is 5.33. The Kier molecular flexibility index (Phi) is 2.09. The van der Waals surface area contributed by atoms with Crippen LogP contribution in [0.5, 0.6) is 0 Å². The molecule has 5 heteroatoms. The van der Waals surface area contributed by atoms with Gasteiger partial charge in [0.05, 0.1) is 5.51 Å². The molecule has 0 atom stereocenters. The van der Waals surface area contributed by atoms with Crippen LogP contribution in [-0.4, -0.2) is 16.1 Å². The van der Waals surface area contributed by atoms with Gasteiger partial charge < -0.3 is 9.52 Å². The first-order valence-corrected chi connectivity index (χ1v) is 4.80. The number of thiazole rings is 1. The first-order chi connectivity index (χ1) is 6.68. The van der Waals surface area contributed by atoms with Crippen molar-refractivity contribution in [2.75, 3.05) is 0 Å². The molecule has 2 aromatic heterocycles. The number of aromatic carboxylic acids is 1. The number of aryl methyl sites for hydroxylation is 1. The minimum absolute atomic E-state index is 0.0457. The predicted molar refractivity (Wildman–Crippen MR) is 51.5 cm³/mol. The van der Waals surface area contributed by atoms with Gasteiger partial charge in [0.25, 0.3) is 0 Å². The Bertz CT molecular complexity index is 472. The maximum absolute atomic E-state index is 10.8. The number of carboxylic acid groups (broad SMARTS) is 1. The third-order valence-electron chi connectivity index (χ3n) is 1.73. The lowest BCUT2D eigenvalue weighted by atomic mass is 10.3. The van der Waals surface area contributed by atoms with Crippen molar-refractivity contribution in [3.05, 3.63) is 29.1 Å². The van der Waals surface area contributed by atoms with E-state index in [2.05, 4.69) is 4.98 Å². The molecule has 72 valence electrons. The Hall–Kier alpha value is -1.62. The van der Waals surface area contributed by atoms with Gasteiger partial charge in [0, 0.05) is 0 Å². The van der Waals surface area contributed by atoms with E-state index >= 15 is 0 Å². The molecule has 0 radical (unpaired) electrons. The number of carboxylic acids is 1. The largest absolute Gasteiger partial charge is 0.476 e. The van der Waals surface area contributed by atoms with Crippen molar-refractivity contribution in [3.8, 4) is 10.6 Å². The quantitative estimate of drug-likeness (QED) is 0.824. The van der Waals surface area contributed by atoms with Gasteiger partial charge in [-0.25, -0.2) is 9.78 Å². The van der Waals surface area contributed by atoms with Crippen molar-refractivity contribution in [2.45, 2.75) is 6.92 Å². The summed E-state index contributed by atoms with van der Waals surface area (Å²) in [6, 6.07) is 3.54. The van der Waals surface area contributed by atoms with Crippen LogP contribution < -0.4 is 0 Å². The zero-order valence-electron chi connectivity index (χ0n) is 7.35. The van der Waals surface area contributed by atoms with E-state index in [9.17, 15) is 4.79 Å². The fourth-order valence-electron chi connectivity index (χ4n) is 1.13. The third-order valence-corrected chi connectivity index (χ3v) is 2.58. The summed E-state index contributed by atoms with van der Waals surface area (Å²) in [6.45, 7) is 1.81. The topological polar surface area (TPSA) is 63.3 Å². The first-order valence-electron chi connectivity index (χ1n) is 3.92. The van der Waals surface area contributed by atoms with Crippen LogP contribution in [0, 0.1) is 6.92 Å². The van der Waals surface area contributed by atoms with E-state index in [1.807, 2.05) is 6.92 Å². The Labute approximate surface area is 83.8 Å². The van der Waals surface area contributed by atoms with Gasteiger partial charge in [-0.1, -0.05) is 0 Å². The minimum Gasteiger partial charge on any atom is -0.476 e. The smallest absolute Gasteiger partial charge is 0.356 e. The summed E-state index contributed by atoms with van der Waals surface area (Å²) in [4.78, 5) is 15.1. The first kappa shape index (κ1) is 8.96. The van der Waals surface area contributed by atoms with Crippen molar-refractivity contribution in [2.24, 2.45) is 0 Å². The van der Waals surface area contributed by atoms with Gasteiger partial charge in [0.2, 0.25) is 0 Å². The summed E-state index contributed by atoms with van der Waals surface area (Å²) >= 11 is 1.26. The van der Waals surface area contributed by atoms with Crippen molar-refractivity contribution in [1.29, 1.82) is 0 Å². The number of rotatable bonds is 2. The van der Waals surface area contributed by atoms with E-state index in [-0.39, 0.29) is 5.69 Å². The summed E-state index contributed by atoms with van der Waals surface area (Å²) in [7, 11) is 0. The molecule has 0 aliphatic rings. The number of hydrogen-bond donors (Lipinski definition) is 1. The highest BCUT2D eigenvalue weighted by molar-refractivity contribution is 7.13.